The van der Waals surface area contributed by atoms with Crippen molar-refractivity contribution in [2.75, 3.05) is 26.3 Å². The van der Waals surface area contributed by atoms with Crippen LogP contribution in [0.5, 0.6) is 0 Å². The van der Waals surface area contributed by atoms with Crippen molar-refractivity contribution < 1.29 is 13.2 Å². The molecule has 0 spiro atoms. The maximum atomic E-state index is 12.7. The van der Waals surface area contributed by atoms with Crippen LogP contribution >= 0.6 is 15.9 Å². The Labute approximate surface area is 129 Å². The van der Waals surface area contributed by atoms with Crippen LogP contribution in [0.4, 0.5) is 0 Å². The van der Waals surface area contributed by atoms with Gasteiger partial charge in [0.2, 0.25) is 10.0 Å². The molecule has 1 unspecified atom stereocenters. The summed E-state index contributed by atoms with van der Waals surface area (Å²) < 4.78 is 33.2. The van der Waals surface area contributed by atoms with Gasteiger partial charge in [-0.1, -0.05) is 22.9 Å². The lowest BCUT2D eigenvalue weighted by Crippen LogP contribution is -2.36. The molecule has 1 heterocycles. The molecule has 1 saturated heterocycles. The summed E-state index contributed by atoms with van der Waals surface area (Å²) in [6.45, 7) is 4.50. The van der Waals surface area contributed by atoms with Gasteiger partial charge >= 0.3 is 0 Å². The number of hydrogen-bond acceptors (Lipinski definition) is 3. The Kier molecular flexibility index (Phi) is 5.60. The van der Waals surface area contributed by atoms with Crippen LogP contribution in [0.2, 0.25) is 0 Å². The number of benzene rings is 1. The van der Waals surface area contributed by atoms with Gasteiger partial charge in [0.15, 0.2) is 0 Å². The average molecular weight is 362 g/mol. The highest BCUT2D eigenvalue weighted by Crippen LogP contribution is 2.22. The second-order valence-electron chi connectivity index (χ2n) is 5.05. The van der Waals surface area contributed by atoms with E-state index in [-0.39, 0.29) is 0 Å². The van der Waals surface area contributed by atoms with E-state index in [0.717, 1.165) is 23.9 Å². The lowest BCUT2D eigenvalue weighted by Gasteiger charge is -2.24. The predicted molar refractivity (Wildman–Crippen MR) is 82.1 cm³/mol. The molecule has 0 amide bonds. The normalized spacial score (nSPS) is 19.6. The molecule has 1 atom stereocenters. The van der Waals surface area contributed by atoms with Crippen molar-refractivity contribution in [1.82, 2.24) is 4.31 Å². The third-order valence-corrected chi connectivity index (χ3v) is 5.82. The Balaban J connectivity index is 2.19. The van der Waals surface area contributed by atoms with Crippen molar-refractivity contribution in [1.29, 1.82) is 0 Å². The highest BCUT2D eigenvalue weighted by atomic mass is 79.9. The van der Waals surface area contributed by atoms with E-state index in [4.69, 9.17) is 4.74 Å². The highest BCUT2D eigenvalue weighted by Gasteiger charge is 2.28. The molecular formula is C14H20BrNO3S. The van der Waals surface area contributed by atoms with E-state index in [2.05, 4.69) is 15.9 Å². The molecule has 0 aliphatic carbocycles. The lowest BCUT2D eigenvalue weighted by atomic mass is 10.1. The Morgan fingerprint density at radius 2 is 2.05 bits per heavy atom. The summed E-state index contributed by atoms with van der Waals surface area (Å²) in [5.41, 5.74) is 0. The van der Waals surface area contributed by atoms with E-state index in [1.165, 1.54) is 0 Å². The molecular weight excluding hydrogens is 342 g/mol. The Morgan fingerprint density at radius 3 is 2.60 bits per heavy atom. The first-order chi connectivity index (χ1) is 9.54. The van der Waals surface area contributed by atoms with Crippen molar-refractivity contribution in [2.24, 2.45) is 5.92 Å². The van der Waals surface area contributed by atoms with Crippen LogP contribution in [-0.4, -0.2) is 39.0 Å². The monoisotopic (exact) mass is 361 g/mol. The zero-order chi connectivity index (χ0) is 14.6. The molecule has 0 bridgehead atoms. The highest BCUT2D eigenvalue weighted by molar-refractivity contribution is 9.10. The molecule has 0 radical (unpaired) electrons. The number of ether oxygens (including phenoxy) is 1. The topological polar surface area (TPSA) is 46.6 Å². The van der Waals surface area contributed by atoms with Crippen LogP contribution < -0.4 is 0 Å². The molecule has 1 aliphatic heterocycles. The average Bonchev–Trinajstić information content (AvgIpc) is 2.92. The summed E-state index contributed by atoms with van der Waals surface area (Å²) in [5, 5.41) is 0. The van der Waals surface area contributed by atoms with Crippen LogP contribution in [0.25, 0.3) is 0 Å². The summed E-state index contributed by atoms with van der Waals surface area (Å²) in [4.78, 5) is 0.355. The smallest absolute Gasteiger partial charge is 0.243 e. The molecule has 2 rings (SSSR count). The van der Waals surface area contributed by atoms with Gasteiger partial charge in [0.1, 0.15) is 0 Å². The molecule has 1 aliphatic rings. The minimum Gasteiger partial charge on any atom is -0.381 e. The minimum atomic E-state index is -3.41. The van der Waals surface area contributed by atoms with Gasteiger partial charge in [-0.2, -0.15) is 4.31 Å². The third-order valence-electron chi connectivity index (χ3n) is 3.41. The van der Waals surface area contributed by atoms with Crippen molar-refractivity contribution in [2.45, 2.75) is 24.7 Å². The van der Waals surface area contributed by atoms with Gasteiger partial charge in [0.05, 0.1) is 11.5 Å². The quantitative estimate of drug-likeness (QED) is 0.782. The largest absolute Gasteiger partial charge is 0.381 e. The van der Waals surface area contributed by atoms with Gasteiger partial charge in [-0.15, -0.1) is 0 Å². The zero-order valence-electron chi connectivity index (χ0n) is 11.6. The summed E-state index contributed by atoms with van der Waals surface area (Å²) >= 11 is 3.33. The van der Waals surface area contributed by atoms with E-state index in [1.54, 1.807) is 28.6 Å². The first kappa shape index (κ1) is 15.9. The molecule has 112 valence electrons. The zero-order valence-corrected chi connectivity index (χ0v) is 14.0. The second kappa shape index (κ2) is 7.02. The molecule has 0 saturated carbocycles. The number of rotatable bonds is 6. The molecule has 0 N–H and O–H groups in total. The Hall–Kier alpha value is -0.430. The molecule has 1 aromatic rings. The first-order valence-electron chi connectivity index (χ1n) is 6.87. The van der Waals surface area contributed by atoms with E-state index < -0.39 is 10.0 Å². The molecule has 6 heteroatoms. The third kappa shape index (κ3) is 3.81. The maximum Gasteiger partial charge on any atom is 0.243 e. The second-order valence-corrected chi connectivity index (χ2v) is 7.90. The fraction of sp³-hybridized carbons (Fsp3) is 0.571. The first-order valence-corrected chi connectivity index (χ1v) is 9.11. The maximum absolute atomic E-state index is 12.7. The summed E-state index contributed by atoms with van der Waals surface area (Å²) in [6, 6.07) is 6.81. The molecule has 1 fully saturated rings. The number of sulfonamides is 1. The van der Waals surface area contributed by atoms with Gasteiger partial charge in [0.25, 0.3) is 0 Å². The van der Waals surface area contributed by atoms with E-state index in [9.17, 15) is 8.42 Å². The fourth-order valence-electron chi connectivity index (χ4n) is 2.33. The summed E-state index contributed by atoms with van der Waals surface area (Å²) in [5.74, 6) is 0.312. The van der Waals surface area contributed by atoms with Gasteiger partial charge in [-0.25, -0.2) is 8.42 Å². The van der Waals surface area contributed by atoms with Crippen molar-refractivity contribution in [3.63, 3.8) is 0 Å². The number of halogens is 1. The molecule has 1 aromatic carbocycles. The van der Waals surface area contributed by atoms with E-state index in [0.29, 0.717) is 30.5 Å². The Morgan fingerprint density at radius 1 is 1.35 bits per heavy atom. The van der Waals surface area contributed by atoms with Crippen molar-refractivity contribution in [3.05, 3.63) is 28.7 Å². The fourth-order valence-corrected chi connectivity index (χ4v) is 4.20. The Bertz CT molecular complexity index is 524. The number of hydrogen-bond donors (Lipinski definition) is 0. The molecule has 0 aromatic heterocycles. The van der Waals surface area contributed by atoms with E-state index >= 15 is 0 Å². The summed E-state index contributed by atoms with van der Waals surface area (Å²) in [6.07, 6.45) is 1.75. The van der Waals surface area contributed by atoms with Crippen LogP contribution in [0.1, 0.15) is 19.8 Å². The molecule has 4 nitrogen and oxygen atoms in total. The van der Waals surface area contributed by atoms with Crippen molar-refractivity contribution in [3.8, 4) is 0 Å². The molecule has 20 heavy (non-hydrogen) atoms. The van der Waals surface area contributed by atoms with Crippen LogP contribution in [0.3, 0.4) is 0 Å². The lowest BCUT2D eigenvalue weighted by molar-refractivity contribution is 0.180. The number of nitrogens with zero attached hydrogens (tertiary/aromatic N) is 1. The van der Waals surface area contributed by atoms with Crippen LogP contribution in [-0.2, 0) is 14.8 Å². The summed E-state index contributed by atoms with van der Waals surface area (Å²) in [7, 11) is -3.41. The van der Waals surface area contributed by atoms with Gasteiger partial charge in [-0.05, 0) is 43.0 Å². The van der Waals surface area contributed by atoms with Crippen molar-refractivity contribution >= 4 is 26.0 Å². The SMILES string of the molecule is CCCN(CC1CCOC1)S(=O)(=O)c1ccc(Br)cc1. The standard InChI is InChI=1S/C14H20BrNO3S/c1-2-8-16(10-12-7-9-19-11-12)20(17,18)14-5-3-13(15)4-6-14/h3-6,12H,2,7-11H2,1H3. The van der Waals surface area contributed by atoms with E-state index in [1.807, 2.05) is 6.92 Å². The van der Waals surface area contributed by atoms with Crippen LogP contribution in [0.15, 0.2) is 33.6 Å². The minimum absolute atomic E-state index is 0.312. The van der Waals surface area contributed by atoms with Crippen LogP contribution in [0, 0.1) is 5.92 Å². The van der Waals surface area contributed by atoms with Gasteiger partial charge in [0, 0.05) is 24.2 Å². The van der Waals surface area contributed by atoms with Gasteiger partial charge < -0.3 is 4.74 Å². The van der Waals surface area contributed by atoms with Gasteiger partial charge in [-0.3, -0.25) is 0 Å². The predicted octanol–water partition coefficient (Wildman–Crippen LogP) is 2.89.